The van der Waals surface area contributed by atoms with E-state index in [9.17, 15) is 10.2 Å². The first kappa shape index (κ1) is 46.4. The molecule has 8 rings (SSSR count). The van der Waals surface area contributed by atoms with Crippen molar-refractivity contribution >= 4 is 0 Å². The van der Waals surface area contributed by atoms with E-state index in [1.165, 1.54) is 0 Å². The Hall–Kier alpha value is -5.12. The SMILES string of the molecule is O[C@@H]1[C@H](OCc2ccccc2)[C@@H](OCc2ccccc2)C(O[C@@H]2[C@H](OCc3ccccc3)[C@@H](OCc3ccccc3)[C@H](O)O[C@@H]2COCc2ccccc2)O[C@@H]1COCc1ccccc1. The summed E-state index contributed by atoms with van der Waals surface area (Å²) in [5, 5.41) is 24.0. The summed E-state index contributed by atoms with van der Waals surface area (Å²) in [6, 6.07) is 58.6. The van der Waals surface area contributed by atoms with Crippen LogP contribution in [0.1, 0.15) is 33.4 Å². The normalized spacial score (nSPS) is 25.6. The fraction of sp³-hybridized carbons (Fsp3) is 0.333. The first-order valence-corrected chi connectivity index (χ1v) is 22.3. The minimum absolute atomic E-state index is 0.0206. The molecular formula is C54H58O11. The molecule has 11 nitrogen and oxygen atoms in total. The maximum absolute atomic E-state index is 12.2. The minimum Gasteiger partial charge on any atom is -0.387 e. The zero-order valence-electron chi connectivity index (χ0n) is 36.3. The van der Waals surface area contributed by atoms with Crippen molar-refractivity contribution in [1.29, 1.82) is 0 Å². The minimum atomic E-state index is -1.41. The first-order valence-electron chi connectivity index (χ1n) is 22.3. The molecule has 6 aromatic carbocycles. The van der Waals surface area contributed by atoms with E-state index in [1.54, 1.807) is 0 Å². The van der Waals surface area contributed by atoms with Gasteiger partial charge in [-0.2, -0.15) is 0 Å². The van der Waals surface area contributed by atoms with Crippen molar-refractivity contribution in [1.82, 2.24) is 0 Å². The molecule has 2 heterocycles. The molecule has 2 fully saturated rings. The van der Waals surface area contributed by atoms with Gasteiger partial charge in [-0.25, -0.2) is 0 Å². The van der Waals surface area contributed by atoms with E-state index in [0.717, 1.165) is 33.4 Å². The van der Waals surface area contributed by atoms with Crippen LogP contribution in [0.25, 0.3) is 0 Å². The Labute approximate surface area is 381 Å². The summed E-state index contributed by atoms with van der Waals surface area (Å²) in [4.78, 5) is 0. The van der Waals surface area contributed by atoms with E-state index in [0.29, 0.717) is 6.61 Å². The van der Waals surface area contributed by atoms with Crippen LogP contribution in [-0.2, 0) is 82.3 Å². The van der Waals surface area contributed by atoms with Gasteiger partial charge in [0.05, 0.1) is 52.9 Å². The summed E-state index contributed by atoms with van der Waals surface area (Å²) < 4.78 is 59.6. The van der Waals surface area contributed by atoms with Crippen molar-refractivity contribution in [2.45, 2.75) is 101 Å². The first-order chi connectivity index (χ1) is 32.1. The van der Waals surface area contributed by atoms with Crippen LogP contribution in [0.2, 0.25) is 0 Å². The highest BCUT2D eigenvalue weighted by Gasteiger charge is 2.53. The van der Waals surface area contributed by atoms with Gasteiger partial charge < -0.3 is 52.8 Å². The van der Waals surface area contributed by atoms with Crippen LogP contribution in [0.4, 0.5) is 0 Å². The third kappa shape index (κ3) is 13.5. The molecule has 0 radical (unpaired) electrons. The average Bonchev–Trinajstić information content (AvgIpc) is 3.35. The lowest BCUT2D eigenvalue weighted by molar-refractivity contribution is -0.371. The summed E-state index contributed by atoms with van der Waals surface area (Å²) in [5.41, 5.74) is 5.59. The van der Waals surface area contributed by atoms with Crippen molar-refractivity contribution in [2.75, 3.05) is 13.2 Å². The molecule has 2 saturated heterocycles. The van der Waals surface area contributed by atoms with Crippen LogP contribution >= 0.6 is 0 Å². The summed E-state index contributed by atoms with van der Waals surface area (Å²) in [7, 11) is 0. The Morgan fingerprint density at radius 3 is 1.09 bits per heavy atom. The molecule has 2 N–H and O–H groups in total. The molecule has 6 aromatic rings. The van der Waals surface area contributed by atoms with Crippen molar-refractivity contribution in [3.05, 3.63) is 215 Å². The van der Waals surface area contributed by atoms with Gasteiger partial charge in [-0.1, -0.05) is 182 Å². The van der Waals surface area contributed by atoms with E-state index in [4.69, 9.17) is 42.6 Å². The van der Waals surface area contributed by atoms with Crippen LogP contribution in [0.3, 0.4) is 0 Å². The number of hydrogen-bond donors (Lipinski definition) is 2. The number of ether oxygens (including phenoxy) is 9. The van der Waals surface area contributed by atoms with Gasteiger partial charge in [0.25, 0.3) is 0 Å². The summed E-state index contributed by atoms with van der Waals surface area (Å²) >= 11 is 0. The molecule has 1 unspecified atom stereocenters. The predicted octanol–water partition coefficient (Wildman–Crippen LogP) is 7.95. The molecule has 0 saturated carbocycles. The zero-order valence-corrected chi connectivity index (χ0v) is 36.3. The second-order valence-corrected chi connectivity index (χ2v) is 16.2. The number of aliphatic hydroxyl groups excluding tert-OH is 2. The summed E-state index contributed by atoms with van der Waals surface area (Å²) in [6.07, 6.45) is -10.4. The smallest absolute Gasteiger partial charge is 0.187 e. The molecule has 2 aliphatic heterocycles. The molecular weight excluding hydrogens is 825 g/mol. The highest BCUT2D eigenvalue weighted by molar-refractivity contribution is 5.18. The molecule has 340 valence electrons. The van der Waals surface area contributed by atoms with Crippen LogP contribution in [0.5, 0.6) is 0 Å². The molecule has 0 spiro atoms. The summed E-state index contributed by atoms with van der Waals surface area (Å²) in [5.74, 6) is 0. The van der Waals surface area contributed by atoms with Gasteiger partial charge in [0.15, 0.2) is 12.6 Å². The van der Waals surface area contributed by atoms with Gasteiger partial charge in [0.2, 0.25) is 0 Å². The Balaban J connectivity index is 1.14. The van der Waals surface area contributed by atoms with Gasteiger partial charge in [-0.3, -0.25) is 0 Å². The zero-order chi connectivity index (χ0) is 44.5. The Morgan fingerprint density at radius 1 is 0.338 bits per heavy atom. The number of hydrogen-bond acceptors (Lipinski definition) is 11. The molecule has 11 heteroatoms. The second kappa shape index (κ2) is 24.4. The maximum Gasteiger partial charge on any atom is 0.187 e. The highest BCUT2D eigenvalue weighted by Crippen LogP contribution is 2.35. The third-order valence-corrected chi connectivity index (χ3v) is 11.4. The molecule has 0 bridgehead atoms. The molecule has 0 amide bonds. The van der Waals surface area contributed by atoms with Crippen molar-refractivity contribution in [2.24, 2.45) is 0 Å². The Bertz CT molecular complexity index is 2210. The van der Waals surface area contributed by atoms with Crippen molar-refractivity contribution < 1.29 is 52.8 Å². The lowest BCUT2D eigenvalue weighted by atomic mass is 9.96. The van der Waals surface area contributed by atoms with Gasteiger partial charge in [-0.05, 0) is 33.4 Å². The number of benzene rings is 6. The van der Waals surface area contributed by atoms with Crippen molar-refractivity contribution in [3.8, 4) is 0 Å². The highest BCUT2D eigenvalue weighted by atomic mass is 16.7. The predicted molar refractivity (Wildman–Crippen MR) is 243 cm³/mol. The molecule has 10 atom stereocenters. The standard InChI is InChI=1S/C54H58O11/c55-47-45(37-57-31-39-19-7-1-8-20-39)64-54(52(62-36-44-29-17-6-18-30-44)49(47)59-33-41-23-11-3-12-24-41)65-48-46(38-58-32-40-21-9-2-10-22-40)63-53(56)51(61-35-43-27-15-5-16-28-43)50(48)60-34-42-25-13-4-14-26-42/h1-30,45-56H,31-38H2/t45-,46-,47+,48+,49+,50+,51-,52-,53-,54?/m1/s1. The summed E-state index contributed by atoms with van der Waals surface area (Å²) in [6.45, 7) is 1.34. The largest absolute Gasteiger partial charge is 0.387 e. The van der Waals surface area contributed by atoms with Crippen LogP contribution < -0.4 is 0 Å². The fourth-order valence-corrected chi connectivity index (χ4v) is 8.02. The van der Waals surface area contributed by atoms with Crippen LogP contribution in [-0.4, -0.2) is 84.8 Å². The lowest BCUT2D eigenvalue weighted by Gasteiger charge is -2.49. The molecule has 65 heavy (non-hydrogen) atoms. The number of aliphatic hydroxyl groups is 2. The van der Waals surface area contributed by atoms with E-state index in [-0.39, 0.29) is 46.2 Å². The van der Waals surface area contributed by atoms with E-state index < -0.39 is 61.4 Å². The van der Waals surface area contributed by atoms with Crippen molar-refractivity contribution in [3.63, 3.8) is 0 Å². The second-order valence-electron chi connectivity index (χ2n) is 16.2. The number of rotatable bonds is 22. The fourth-order valence-electron chi connectivity index (χ4n) is 8.02. The monoisotopic (exact) mass is 882 g/mol. The maximum atomic E-state index is 12.2. The molecule has 0 aliphatic carbocycles. The Morgan fingerprint density at radius 2 is 0.677 bits per heavy atom. The quantitative estimate of drug-likeness (QED) is 0.0691. The van der Waals surface area contributed by atoms with E-state index >= 15 is 0 Å². The van der Waals surface area contributed by atoms with Crippen LogP contribution in [0.15, 0.2) is 182 Å². The van der Waals surface area contributed by atoms with E-state index in [1.807, 2.05) is 182 Å². The van der Waals surface area contributed by atoms with Crippen LogP contribution in [0, 0.1) is 0 Å². The average molecular weight is 883 g/mol. The van der Waals surface area contributed by atoms with Gasteiger partial charge in [-0.15, -0.1) is 0 Å². The van der Waals surface area contributed by atoms with Gasteiger partial charge in [0, 0.05) is 0 Å². The molecule has 2 aliphatic rings. The van der Waals surface area contributed by atoms with Gasteiger partial charge in [0.1, 0.15) is 48.8 Å². The topological polar surface area (TPSA) is 124 Å². The Kier molecular flexibility index (Phi) is 17.4. The third-order valence-electron chi connectivity index (χ3n) is 11.4. The molecule has 0 aromatic heterocycles. The van der Waals surface area contributed by atoms with Gasteiger partial charge >= 0.3 is 0 Å². The lowest BCUT2D eigenvalue weighted by Crippen LogP contribution is -2.66. The van der Waals surface area contributed by atoms with E-state index in [2.05, 4.69) is 0 Å².